The predicted octanol–water partition coefficient (Wildman–Crippen LogP) is 3.76. The summed E-state index contributed by atoms with van der Waals surface area (Å²) in [7, 11) is 1.43. The molecule has 0 saturated heterocycles. The number of ether oxygens (including phenoxy) is 1. The van der Waals surface area contributed by atoms with Gasteiger partial charge in [0.2, 0.25) is 5.88 Å². The maximum Gasteiger partial charge on any atom is 0.416 e. The SMILES string of the molecule is COc1ccc(/C(=C\n2cnc(-c3cc(C)cc(C(F)(F)F)c3)n2)C(=O)O)cn1. The van der Waals surface area contributed by atoms with Gasteiger partial charge in [-0.1, -0.05) is 0 Å². The lowest BCUT2D eigenvalue weighted by atomic mass is 10.1. The van der Waals surface area contributed by atoms with Gasteiger partial charge in [0.1, 0.15) is 6.33 Å². The molecular formula is C19H15F3N4O3. The number of carboxylic acids is 1. The molecule has 1 aromatic carbocycles. The van der Waals surface area contributed by atoms with Crippen molar-refractivity contribution in [1.29, 1.82) is 0 Å². The van der Waals surface area contributed by atoms with Crippen molar-refractivity contribution in [2.24, 2.45) is 0 Å². The second-order valence-corrected chi connectivity index (χ2v) is 6.07. The number of alkyl halides is 3. The highest BCUT2D eigenvalue weighted by Gasteiger charge is 2.31. The first kappa shape index (κ1) is 20.1. The molecule has 0 unspecified atom stereocenters. The molecule has 10 heteroatoms. The van der Waals surface area contributed by atoms with Gasteiger partial charge in [0.25, 0.3) is 0 Å². The minimum absolute atomic E-state index is 0.0352. The Balaban J connectivity index is 1.98. The van der Waals surface area contributed by atoms with Gasteiger partial charge in [-0.3, -0.25) is 0 Å². The topological polar surface area (TPSA) is 90.1 Å². The summed E-state index contributed by atoms with van der Waals surface area (Å²) in [4.78, 5) is 19.6. The fourth-order valence-corrected chi connectivity index (χ4v) is 2.59. The molecule has 0 aliphatic rings. The molecule has 29 heavy (non-hydrogen) atoms. The van der Waals surface area contributed by atoms with Crippen LogP contribution in [0.4, 0.5) is 13.2 Å². The summed E-state index contributed by atoms with van der Waals surface area (Å²) in [6.45, 7) is 1.54. The zero-order chi connectivity index (χ0) is 21.2. The van der Waals surface area contributed by atoms with Crippen molar-refractivity contribution >= 4 is 17.7 Å². The summed E-state index contributed by atoms with van der Waals surface area (Å²) >= 11 is 0. The molecule has 3 rings (SSSR count). The van der Waals surface area contributed by atoms with E-state index < -0.39 is 17.7 Å². The normalized spacial score (nSPS) is 12.1. The Morgan fingerprint density at radius 1 is 1.21 bits per heavy atom. The van der Waals surface area contributed by atoms with Gasteiger partial charge in [0.15, 0.2) is 5.82 Å². The van der Waals surface area contributed by atoms with Crippen molar-refractivity contribution in [3.63, 3.8) is 0 Å². The van der Waals surface area contributed by atoms with Gasteiger partial charge in [-0.05, 0) is 36.8 Å². The first-order valence-electron chi connectivity index (χ1n) is 8.23. The fraction of sp³-hybridized carbons (Fsp3) is 0.158. The van der Waals surface area contributed by atoms with Crippen LogP contribution in [0.15, 0.2) is 42.9 Å². The van der Waals surface area contributed by atoms with E-state index in [2.05, 4.69) is 15.1 Å². The van der Waals surface area contributed by atoms with E-state index in [1.807, 2.05) is 0 Å². The number of aromatic nitrogens is 4. The van der Waals surface area contributed by atoms with Crippen LogP contribution in [0, 0.1) is 6.92 Å². The fourth-order valence-electron chi connectivity index (χ4n) is 2.59. The first-order chi connectivity index (χ1) is 13.7. The molecule has 0 radical (unpaired) electrons. The molecule has 7 nitrogen and oxygen atoms in total. The van der Waals surface area contributed by atoms with Crippen molar-refractivity contribution < 1.29 is 27.8 Å². The third-order valence-corrected chi connectivity index (χ3v) is 3.92. The Labute approximate surface area is 163 Å². The first-order valence-corrected chi connectivity index (χ1v) is 8.23. The highest BCUT2D eigenvalue weighted by molar-refractivity contribution is 6.19. The summed E-state index contributed by atoms with van der Waals surface area (Å²) in [5.41, 5.74) is -0.0678. The summed E-state index contributed by atoms with van der Waals surface area (Å²) in [6.07, 6.45) is -0.762. The molecule has 3 aromatic rings. The Hall–Kier alpha value is -3.69. The number of hydrogen-bond donors (Lipinski definition) is 1. The van der Waals surface area contributed by atoms with Gasteiger partial charge in [0.05, 0.1) is 18.2 Å². The van der Waals surface area contributed by atoms with Crippen LogP contribution >= 0.6 is 0 Å². The van der Waals surface area contributed by atoms with Gasteiger partial charge >= 0.3 is 12.1 Å². The molecule has 2 aromatic heterocycles. The van der Waals surface area contributed by atoms with E-state index >= 15 is 0 Å². The summed E-state index contributed by atoms with van der Waals surface area (Å²) in [5.74, 6) is -0.876. The average molecular weight is 404 g/mol. The second kappa shape index (κ2) is 7.74. The van der Waals surface area contributed by atoms with E-state index in [-0.39, 0.29) is 17.0 Å². The molecule has 0 saturated carbocycles. The zero-order valence-electron chi connectivity index (χ0n) is 15.3. The van der Waals surface area contributed by atoms with Crippen molar-refractivity contribution in [3.05, 3.63) is 59.5 Å². The zero-order valence-corrected chi connectivity index (χ0v) is 15.3. The van der Waals surface area contributed by atoms with Gasteiger partial charge in [-0.25, -0.2) is 19.4 Å². The Bertz CT molecular complexity index is 1070. The summed E-state index contributed by atoms with van der Waals surface area (Å²) < 4.78 is 45.2. The summed E-state index contributed by atoms with van der Waals surface area (Å²) in [5, 5.41) is 13.6. The largest absolute Gasteiger partial charge is 0.481 e. The van der Waals surface area contributed by atoms with E-state index in [1.54, 1.807) is 0 Å². The molecule has 0 spiro atoms. The number of hydrogen-bond acceptors (Lipinski definition) is 5. The van der Waals surface area contributed by atoms with Crippen molar-refractivity contribution in [2.45, 2.75) is 13.1 Å². The number of nitrogens with zero attached hydrogens (tertiary/aromatic N) is 4. The Morgan fingerprint density at radius 3 is 2.55 bits per heavy atom. The van der Waals surface area contributed by atoms with Crippen molar-refractivity contribution in [2.75, 3.05) is 7.11 Å². The minimum Gasteiger partial charge on any atom is -0.481 e. The van der Waals surface area contributed by atoms with Crippen LogP contribution in [0.5, 0.6) is 5.88 Å². The molecule has 0 fully saturated rings. The molecule has 2 heterocycles. The molecule has 0 bridgehead atoms. The maximum atomic E-state index is 13.0. The maximum absolute atomic E-state index is 13.0. The standard InChI is InChI=1S/C19H15F3N4O3/c1-11-5-13(7-14(6-11)19(20,21)22)17-24-10-26(25-17)9-15(18(27)28)12-3-4-16(29-2)23-8-12/h3-10H,1-2H3,(H,27,28)/b15-9+. The molecule has 0 aliphatic carbocycles. The third kappa shape index (κ3) is 4.60. The van der Waals surface area contributed by atoms with Crippen molar-refractivity contribution in [3.8, 4) is 17.3 Å². The van der Waals surface area contributed by atoms with E-state index in [0.717, 1.165) is 16.8 Å². The lowest BCUT2D eigenvalue weighted by Crippen LogP contribution is -2.05. The minimum atomic E-state index is -4.50. The Morgan fingerprint density at radius 2 is 1.97 bits per heavy atom. The van der Waals surface area contributed by atoms with E-state index in [1.165, 1.54) is 51.0 Å². The van der Waals surface area contributed by atoms with Gasteiger partial charge in [0, 0.05) is 29.6 Å². The lowest BCUT2D eigenvalue weighted by Gasteiger charge is -2.09. The number of rotatable bonds is 5. The number of halogens is 3. The second-order valence-electron chi connectivity index (χ2n) is 6.07. The van der Waals surface area contributed by atoms with Crippen LogP contribution in [-0.2, 0) is 11.0 Å². The lowest BCUT2D eigenvalue weighted by molar-refractivity contribution is -0.137. The highest BCUT2D eigenvalue weighted by atomic mass is 19.4. The van der Waals surface area contributed by atoms with Gasteiger partial charge in [-0.15, -0.1) is 5.10 Å². The van der Waals surface area contributed by atoms with E-state index in [0.29, 0.717) is 17.0 Å². The van der Waals surface area contributed by atoms with Gasteiger partial charge < -0.3 is 9.84 Å². The quantitative estimate of drug-likeness (QED) is 0.652. The van der Waals surface area contributed by atoms with E-state index in [9.17, 15) is 23.1 Å². The van der Waals surface area contributed by atoms with Crippen LogP contribution in [0.2, 0.25) is 0 Å². The Kier molecular flexibility index (Phi) is 5.35. The smallest absolute Gasteiger partial charge is 0.416 e. The van der Waals surface area contributed by atoms with Crippen LogP contribution in [0.1, 0.15) is 16.7 Å². The average Bonchev–Trinajstić information content (AvgIpc) is 3.14. The molecule has 1 N–H and O–H groups in total. The predicted molar refractivity (Wildman–Crippen MR) is 97.8 cm³/mol. The van der Waals surface area contributed by atoms with Crippen molar-refractivity contribution in [1.82, 2.24) is 19.7 Å². The van der Waals surface area contributed by atoms with E-state index in [4.69, 9.17) is 4.74 Å². The molecule has 0 amide bonds. The van der Waals surface area contributed by atoms with Crippen LogP contribution in [0.3, 0.4) is 0 Å². The van der Waals surface area contributed by atoms with Crippen LogP contribution in [0.25, 0.3) is 23.2 Å². The molecule has 150 valence electrons. The monoisotopic (exact) mass is 404 g/mol. The number of pyridine rings is 1. The molecular weight excluding hydrogens is 389 g/mol. The highest BCUT2D eigenvalue weighted by Crippen LogP contribution is 2.32. The van der Waals surface area contributed by atoms with Crippen LogP contribution in [-0.4, -0.2) is 37.9 Å². The molecule has 0 aliphatic heterocycles. The van der Waals surface area contributed by atoms with Crippen LogP contribution < -0.4 is 4.74 Å². The number of carboxylic acid groups (broad SMARTS) is 1. The summed E-state index contributed by atoms with van der Waals surface area (Å²) in [6, 6.07) is 6.51. The number of methoxy groups -OCH3 is 1. The number of aryl methyl sites for hydroxylation is 1. The molecule has 0 atom stereocenters. The third-order valence-electron chi connectivity index (χ3n) is 3.92. The number of aliphatic carboxylic acids is 1. The number of benzene rings is 1. The number of carbonyl (C=O) groups is 1. The van der Waals surface area contributed by atoms with Gasteiger partial charge in [-0.2, -0.15) is 13.2 Å².